The highest BCUT2D eigenvalue weighted by molar-refractivity contribution is 5.30. The lowest BCUT2D eigenvalue weighted by atomic mass is 10.3. The van der Waals surface area contributed by atoms with Crippen molar-refractivity contribution in [1.82, 2.24) is 15.1 Å². The first-order valence-electron chi connectivity index (χ1n) is 5.64. The van der Waals surface area contributed by atoms with Gasteiger partial charge in [-0.3, -0.25) is 0 Å². The molecule has 1 heterocycles. The molecular formula is C14H15N3. The van der Waals surface area contributed by atoms with Gasteiger partial charge < -0.3 is 5.32 Å². The van der Waals surface area contributed by atoms with Crippen molar-refractivity contribution in [2.24, 2.45) is 0 Å². The summed E-state index contributed by atoms with van der Waals surface area (Å²) in [5, 5.41) is 7.73. The maximum atomic E-state index is 5.18. The summed E-state index contributed by atoms with van der Waals surface area (Å²) in [6.45, 7) is 1.58. The quantitative estimate of drug-likeness (QED) is 0.623. The maximum Gasteiger partial charge on any atom is 0.0766 e. The molecule has 3 heteroatoms. The van der Waals surface area contributed by atoms with Gasteiger partial charge in [0.15, 0.2) is 0 Å². The van der Waals surface area contributed by atoms with Gasteiger partial charge in [-0.25, -0.2) is 4.68 Å². The molecule has 17 heavy (non-hydrogen) atoms. The number of benzene rings is 1. The van der Waals surface area contributed by atoms with Crippen LogP contribution in [-0.4, -0.2) is 16.3 Å². The molecular weight excluding hydrogens is 210 g/mol. The van der Waals surface area contributed by atoms with Gasteiger partial charge >= 0.3 is 0 Å². The molecule has 0 radical (unpaired) electrons. The Bertz CT molecular complexity index is 494. The van der Waals surface area contributed by atoms with E-state index in [0.29, 0.717) is 0 Å². The average Bonchev–Trinajstić information content (AvgIpc) is 2.85. The van der Waals surface area contributed by atoms with Crippen molar-refractivity contribution in [1.29, 1.82) is 0 Å². The summed E-state index contributed by atoms with van der Waals surface area (Å²) in [4.78, 5) is 0. The fourth-order valence-corrected chi connectivity index (χ4v) is 1.56. The van der Waals surface area contributed by atoms with Crippen molar-refractivity contribution < 1.29 is 0 Å². The molecule has 0 aliphatic carbocycles. The molecule has 0 aliphatic heterocycles. The van der Waals surface area contributed by atoms with Crippen LogP contribution < -0.4 is 5.32 Å². The number of hydrogen-bond donors (Lipinski definition) is 1. The van der Waals surface area contributed by atoms with Gasteiger partial charge in [-0.1, -0.05) is 18.2 Å². The van der Waals surface area contributed by atoms with E-state index in [4.69, 9.17) is 6.42 Å². The second kappa shape index (κ2) is 5.88. The van der Waals surface area contributed by atoms with Gasteiger partial charge in [-0.05, 0) is 18.2 Å². The molecule has 0 amide bonds. The zero-order valence-electron chi connectivity index (χ0n) is 9.63. The van der Waals surface area contributed by atoms with Gasteiger partial charge in [0.25, 0.3) is 0 Å². The molecule has 3 nitrogen and oxygen atoms in total. The summed E-state index contributed by atoms with van der Waals surface area (Å²) < 4.78 is 1.87. The van der Waals surface area contributed by atoms with Crippen molar-refractivity contribution >= 4 is 0 Å². The molecule has 1 N–H and O–H groups in total. The fourth-order valence-electron chi connectivity index (χ4n) is 1.56. The van der Waals surface area contributed by atoms with Crippen LogP contribution in [-0.2, 0) is 6.54 Å². The lowest BCUT2D eigenvalue weighted by molar-refractivity contribution is 0.677. The standard InChI is InChI=1S/C14H15N3/c1-2-3-10-15-12-13-9-11-17(16-13)14-7-5-4-6-8-14/h1,4-9,11,15H,3,10,12H2. The van der Waals surface area contributed by atoms with E-state index < -0.39 is 0 Å². The molecule has 0 atom stereocenters. The predicted octanol–water partition coefficient (Wildman–Crippen LogP) is 1.99. The lowest BCUT2D eigenvalue weighted by Crippen LogP contribution is -2.14. The van der Waals surface area contributed by atoms with Crippen LogP contribution >= 0.6 is 0 Å². The number of nitrogens with zero attached hydrogens (tertiary/aromatic N) is 2. The average molecular weight is 225 g/mol. The van der Waals surface area contributed by atoms with Crippen molar-refractivity contribution in [2.45, 2.75) is 13.0 Å². The zero-order valence-corrected chi connectivity index (χ0v) is 9.63. The Hall–Kier alpha value is -2.05. The minimum absolute atomic E-state index is 0.749. The van der Waals surface area contributed by atoms with Crippen LogP contribution in [0.5, 0.6) is 0 Å². The van der Waals surface area contributed by atoms with Crippen molar-refractivity contribution in [3.8, 4) is 18.0 Å². The van der Waals surface area contributed by atoms with Crippen LogP contribution in [0.3, 0.4) is 0 Å². The summed E-state index contributed by atoms with van der Waals surface area (Å²) >= 11 is 0. The monoisotopic (exact) mass is 225 g/mol. The summed E-state index contributed by atoms with van der Waals surface area (Å²) in [5.41, 5.74) is 2.09. The number of para-hydroxylation sites is 1. The predicted molar refractivity (Wildman–Crippen MR) is 68.7 cm³/mol. The van der Waals surface area contributed by atoms with Crippen LogP contribution in [0.2, 0.25) is 0 Å². The molecule has 0 aliphatic rings. The van der Waals surface area contributed by atoms with E-state index in [9.17, 15) is 0 Å². The molecule has 0 unspecified atom stereocenters. The van der Waals surface area contributed by atoms with E-state index in [1.165, 1.54) is 0 Å². The second-order valence-corrected chi connectivity index (χ2v) is 3.72. The van der Waals surface area contributed by atoms with E-state index >= 15 is 0 Å². The summed E-state index contributed by atoms with van der Waals surface area (Å²) in [7, 11) is 0. The smallest absolute Gasteiger partial charge is 0.0766 e. The largest absolute Gasteiger partial charge is 0.310 e. The first kappa shape index (κ1) is 11.4. The SMILES string of the molecule is C#CCCNCc1ccn(-c2ccccc2)n1. The molecule has 1 aromatic carbocycles. The van der Waals surface area contributed by atoms with Gasteiger partial charge in [-0.2, -0.15) is 5.10 Å². The van der Waals surface area contributed by atoms with Crippen LogP contribution in [0.25, 0.3) is 5.69 Å². The van der Waals surface area contributed by atoms with Gasteiger partial charge in [0, 0.05) is 25.7 Å². The minimum Gasteiger partial charge on any atom is -0.310 e. The summed E-state index contributed by atoms with van der Waals surface area (Å²) in [6.07, 6.45) is 7.89. The molecule has 2 rings (SSSR count). The maximum absolute atomic E-state index is 5.18. The van der Waals surface area contributed by atoms with Gasteiger partial charge in [0.1, 0.15) is 0 Å². The first-order chi connectivity index (χ1) is 8.40. The number of aromatic nitrogens is 2. The third-order valence-electron chi connectivity index (χ3n) is 2.42. The third kappa shape index (κ3) is 3.20. The van der Waals surface area contributed by atoms with Gasteiger partial charge in [0.2, 0.25) is 0 Å². The zero-order chi connectivity index (χ0) is 11.9. The number of terminal acetylenes is 1. The Morgan fingerprint density at radius 1 is 1.24 bits per heavy atom. The van der Waals surface area contributed by atoms with Crippen LogP contribution in [0.1, 0.15) is 12.1 Å². The molecule has 2 aromatic rings. The Morgan fingerprint density at radius 3 is 2.82 bits per heavy atom. The highest BCUT2D eigenvalue weighted by atomic mass is 15.3. The summed E-state index contributed by atoms with van der Waals surface area (Å²) in [5.74, 6) is 2.60. The van der Waals surface area contributed by atoms with E-state index in [0.717, 1.165) is 30.9 Å². The topological polar surface area (TPSA) is 29.9 Å². The Kier molecular flexibility index (Phi) is 3.95. The van der Waals surface area contributed by atoms with Crippen molar-refractivity contribution in [3.63, 3.8) is 0 Å². The lowest BCUT2D eigenvalue weighted by Gasteiger charge is -2.01. The molecule has 0 fully saturated rings. The van der Waals surface area contributed by atoms with E-state index in [-0.39, 0.29) is 0 Å². The Labute approximate surface area is 101 Å². The minimum atomic E-state index is 0.749. The Balaban J connectivity index is 1.95. The van der Waals surface area contributed by atoms with E-state index in [1.54, 1.807) is 0 Å². The summed E-state index contributed by atoms with van der Waals surface area (Å²) in [6, 6.07) is 12.1. The normalized spacial score (nSPS) is 10.1. The first-order valence-corrected chi connectivity index (χ1v) is 5.64. The van der Waals surface area contributed by atoms with Crippen molar-refractivity contribution in [3.05, 3.63) is 48.3 Å². The highest BCUT2D eigenvalue weighted by Gasteiger charge is 1.99. The number of rotatable bonds is 5. The number of nitrogens with one attached hydrogen (secondary N) is 1. The molecule has 0 spiro atoms. The van der Waals surface area contributed by atoms with E-state index in [2.05, 4.69) is 16.3 Å². The van der Waals surface area contributed by atoms with Crippen LogP contribution in [0.15, 0.2) is 42.6 Å². The molecule has 0 saturated heterocycles. The van der Waals surface area contributed by atoms with Gasteiger partial charge in [-0.15, -0.1) is 12.3 Å². The van der Waals surface area contributed by atoms with Crippen LogP contribution in [0, 0.1) is 12.3 Å². The Morgan fingerprint density at radius 2 is 2.06 bits per heavy atom. The van der Waals surface area contributed by atoms with Crippen molar-refractivity contribution in [2.75, 3.05) is 6.54 Å². The third-order valence-corrected chi connectivity index (χ3v) is 2.42. The highest BCUT2D eigenvalue weighted by Crippen LogP contribution is 2.06. The fraction of sp³-hybridized carbons (Fsp3) is 0.214. The second-order valence-electron chi connectivity index (χ2n) is 3.72. The van der Waals surface area contributed by atoms with Crippen LogP contribution in [0.4, 0.5) is 0 Å². The molecule has 1 aromatic heterocycles. The molecule has 0 saturated carbocycles. The molecule has 0 bridgehead atoms. The molecule has 86 valence electrons. The van der Waals surface area contributed by atoms with Gasteiger partial charge in [0.05, 0.1) is 11.4 Å². The van der Waals surface area contributed by atoms with E-state index in [1.807, 2.05) is 47.3 Å². The number of hydrogen-bond acceptors (Lipinski definition) is 2.